The van der Waals surface area contributed by atoms with E-state index in [0.717, 1.165) is 19.5 Å². The molecular weight excluding hydrogens is 272 g/mol. The fourth-order valence-electron chi connectivity index (χ4n) is 3.38. The van der Waals surface area contributed by atoms with Crippen molar-refractivity contribution >= 4 is 17.3 Å². The average Bonchev–Trinajstić information content (AvgIpc) is 2.90. The normalized spacial score (nSPS) is 25.4. The summed E-state index contributed by atoms with van der Waals surface area (Å²) in [5, 5.41) is 14.3. The Hall–Kier alpha value is -1.93. The molecule has 2 aliphatic heterocycles. The van der Waals surface area contributed by atoms with Crippen molar-refractivity contribution in [2.45, 2.75) is 37.8 Å². The van der Waals surface area contributed by atoms with Gasteiger partial charge in [0.2, 0.25) is 0 Å². The van der Waals surface area contributed by atoms with Gasteiger partial charge in [-0.3, -0.25) is 15.0 Å². The Morgan fingerprint density at radius 1 is 1.29 bits per heavy atom. The molecule has 0 bridgehead atoms. The summed E-state index contributed by atoms with van der Waals surface area (Å²) in [4.78, 5) is 17.3. The zero-order valence-corrected chi connectivity index (χ0v) is 11.8. The van der Waals surface area contributed by atoms with E-state index in [0.29, 0.717) is 23.7 Å². The van der Waals surface area contributed by atoms with Gasteiger partial charge in [-0.05, 0) is 25.8 Å². The standard InChI is InChI=1S/C13H20N6O2/c14-17-13-8-9(19(20)21)7-12(16-13)15-10-4-6-18-5-2-1-3-11(10)18/h7-8,10-11H,1-6,14H2,(H2,15,16,17). The van der Waals surface area contributed by atoms with E-state index in [2.05, 4.69) is 20.6 Å². The molecule has 2 fully saturated rings. The van der Waals surface area contributed by atoms with Crippen molar-refractivity contribution in [2.24, 2.45) is 5.84 Å². The lowest BCUT2D eigenvalue weighted by Gasteiger charge is -2.32. The van der Waals surface area contributed by atoms with Crippen LogP contribution in [0.1, 0.15) is 25.7 Å². The van der Waals surface area contributed by atoms with E-state index in [4.69, 9.17) is 5.84 Å². The number of nitrogens with two attached hydrogens (primary N) is 1. The van der Waals surface area contributed by atoms with Crippen molar-refractivity contribution in [3.8, 4) is 0 Å². The monoisotopic (exact) mass is 292 g/mol. The summed E-state index contributed by atoms with van der Waals surface area (Å²) in [7, 11) is 0. The van der Waals surface area contributed by atoms with Crippen molar-refractivity contribution in [1.82, 2.24) is 9.88 Å². The number of anilines is 2. The molecule has 8 nitrogen and oxygen atoms in total. The van der Waals surface area contributed by atoms with Crippen molar-refractivity contribution in [1.29, 1.82) is 0 Å². The zero-order chi connectivity index (χ0) is 14.8. The number of hydrogen-bond donors (Lipinski definition) is 3. The van der Waals surface area contributed by atoms with Crippen LogP contribution in [0.4, 0.5) is 17.3 Å². The topological polar surface area (TPSA) is 109 Å². The lowest BCUT2D eigenvalue weighted by molar-refractivity contribution is -0.384. The first-order valence-corrected chi connectivity index (χ1v) is 7.31. The molecule has 1 aromatic rings. The molecule has 1 aromatic heterocycles. The molecule has 21 heavy (non-hydrogen) atoms. The number of pyridine rings is 1. The SMILES string of the molecule is NNc1cc([N+](=O)[O-])cc(NC2CCN3CCCCC23)n1. The minimum Gasteiger partial charge on any atom is -0.365 e. The van der Waals surface area contributed by atoms with Gasteiger partial charge in [0.05, 0.1) is 17.1 Å². The van der Waals surface area contributed by atoms with Gasteiger partial charge in [0.15, 0.2) is 0 Å². The van der Waals surface area contributed by atoms with E-state index in [1.165, 1.54) is 31.4 Å². The maximum absolute atomic E-state index is 11.0. The van der Waals surface area contributed by atoms with Gasteiger partial charge in [-0.25, -0.2) is 10.8 Å². The van der Waals surface area contributed by atoms with Crippen LogP contribution in [0.15, 0.2) is 12.1 Å². The third-order valence-electron chi connectivity index (χ3n) is 4.36. The Balaban J connectivity index is 1.78. The summed E-state index contributed by atoms with van der Waals surface area (Å²) in [5.74, 6) is 6.14. The molecule has 0 aliphatic carbocycles. The smallest absolute Gasteiger partial charge is 0.276 e. The fraction of sp³-hybridized carbons (Fsp3) is 0.615. The number of hydrazine groups is 1. The van der Waals surface area contributed by atoms with E-state index < -0.39 is 4.92 Å². The number of fused-ring (bicyclic) bond motifs is 1. The van der Waals surface area contributed by atoms with Crippen LogP contribution in [0.3, 0.4) is 0 Å². The molecule has 2 unspecified atom stereocenters. The van der Waals surface area contributed by atoms with E-state index in [1.807, 2.05) is 0 Å². The van der Waals surface area contributed by atoms with Gasteiger partial charge < -0.3 is 10.7 Å². The van der Waals surface area contributed by atoms with Crippen molar-refractivity contribution < 1.29 is 4.92 Å². The lowest BCUT2D eigenvalue weighted by Crippen LogP contribution is -2.41. The van der Waals surface area contributed by atoms with Gasteiger partial charge >= 0.3 is 0 Å². The summed E-state index contributed by atoms with van der Waals surface area (Å²) >= 11 is 0. The van der Waals surface area contributed by atoms with E-state index in [9.17, 15) is 10.1 Å². The summed E-state index contributed by atoms with van der Waals surface area (Å²) < 4.78 is 0. The lowest BCUT2D eigenvalue weighted by atomic mass is 9.99. The molecule has 8 heteroatoms. The molecule has 4 N–H and O–H groups in total. The number of aromatic nitrogens is 1. The molecule has 2 saturated heterocycles. The second kappa shape index (κ2) is 5.82. The van der Waals surface area contributed by atoms with Crippen molar-refractivity contribution in [3.63, 3.8) is 0 Å². The molecule has 3 heterocycles. The minimum atomic E-state index is -0.435. The van der Waals surface area contributed by atoms with Crippen LogP contribution >= 0.6 is 0 Å². The Morgan fingerprint density at radius 2 is 2.10 bits per heavy atom. The highest BCUT2D eigenvalue weighted by atomic mass is 16.6. The summed E-state index contributed by atoms with van der Waals surface area (Å²) in [6, 6.07) is 3.60. The first-order chi connectivity index (χ1) is 10.2. The number of nitrogens with one attached hydrogen (secondary N) is 2. The highest BCUT2D eigenvalue weighted by Crippen LogP contribution is 2.30. The second-order valence-corrected chi connectivity index (χ2v) is 5.64. The zero-order valence-electron chi connectivity index (χ0n) is 11.8. The third kappa shape index (κ3) is 2.91. The largest absolute Gasteiger partial charge is 0.365 e. The second-order valence-electron chi connectivity index (χ2n) is 5.64. The van der Waals surface area contributed by atoms with Gasteiger partial charge in [0.25, 0.3) is 5.69 Å². The maximum Gasteiger partial charge on any atom is 0.276 e. The molecule has 2 atom stereocenters. The Kier molecular flexibility index (Phi) is 3.89. The van der Waals surface area contributed by atoms with Crippen LogP contribution in [0, 0.1) is 10.1 Å². The molecule has 3 rings (SSSR count). The highest BCUT2D eigenvalue weighted by molar-refractivity contribution is 5.54. The molecule has 2 aliphatic rings. The minimum absolute atomic E-state index is 0.0149. The van der Waals surface area contributed by atoms with Gasteiger partial charge in [-0.15, -0.1) is 0 Å². The summed E-state index contributed by atoms with van der Waals surface area (Å²) in [6.45, 7) is 2.24. The molecule has 0 spiro atoms. The molecular formula is C13H20N6O2. The predicted molar refractivity (Wildman–Crippen MR) is 79.9 cm³/mol. The van der Waals surface area contributed by atoms with Crippen LogP contribution in [-0.2, 0) is 0 Å². The first-order valence-electron chi connectivity index (χ1n) is 7.31. The maximum atomic E-state index is 11.0. The summed E-state index contributed by atoms with van der Waals surface area (Å²) in [5.41, 5.74) is 2.36. The van der Waals surface area contributed by atoms with Gasteiger partial charge in [0, 0.05) is 18.6 Å². The Bertz CT molecular complexity index is 537. The van der Waals surface area contributed by atoms with Gasteiger partial charge in [0.1, 0.15) is 11.6 Å². The van der Waals surface area contributed by atoms with Crippen LogP contribution in [0.5, 0.6) is 0 Å². The Labute approximate surface area is 122 Å². The third-order valence-corrected chi connectivity index (χ3v) is 4.36. The van der Waals surface area contributed by atoms with E-state index in [-0.39, 0.29) is 5.69 Å². The van der Waals surface area contributed by atoms with Crippen molar-refractivity contribution in [2.75, 3.05) is 23.8 Å². The van der Waals surface area contributed by atoms with Crippen LogP contribution in [-0.4, -0.2) is 40.0 Å². The number of hydrogen-bond acceptors (Lipinski definition) is 7. The number of nitrogen functional groups attached to an aromatic ring is 1. The quantitative estimate of drug-likeness (QED) is 0.436. The Morgan fingerprint density at radius 3 is 2.86 bits per heavy atom. The number of rotatable bonds is 4. The average molecular weight is 292 g/mol. The van der Waals surface area contributed by atoms with Gasteiger partial charge in [-0.1, -0.05) is 6.42 Å². The summed E-state index contributed by atoms with van der Waals surface area (Å²) in [6.07, 6.45) is 4.73. The molecule has 0 amide bonds. The molecule has 0 aromatic carbocycles. The fourth-order valence-corrected chi connectivity index (χ4v) is 3.38. The number of nitrogens with zero attached hydrogens (tertiary/aromatic N) is 3. The predicted octanol–water partition coefficient (Wildman–Crippen LogP) is 1.31. The van der Waals surface area contributed by atoms with Crippen molar-refractivity contribution in [3.05, 3.63) is 22.2 Å². The van der Waals surface area contributed by atoms with Crippen LogP contribution in [0.2, 0.25) is 0 Å². The van der Waals surface area contributed by atoms with Crippen LogP contribution in [0.25, 0.3) is 0 Å². The van der Waals surface area contributed by atoms with E-state index in [1.54, 1.807) is 0 Å². The van der Waals surface area contributed by atoms with E-state index >= 15 is 0 Å². The highest BCUT2D eigenvalue weighted by Gasteiger charge is 2.35. The van der Waals surface area contributed by atoms with Gasteiger partial charge in [-0.2, -0.15) is 0 Å². The molecule has 114 valence electrons. The number of nitro groups is 1. The molecule has 0 radical (unpaired) electrons. The number of piperidine rings is 1. The molecule has 0 saturated carbocycles. The first kappa shape index (κ1) is 14.0. The van der Waals surface area contributed by atoms with Crippen LogP contribution < -0.4 is 16.6 Å².